The maximum Gasteiger partial charge on any atom is 0.326 e. The van der Waals surface area contributed by atoms with Crippen molar-refractivity contribution in [2.24, 2.45) is 0 Å². The van der Waals surface area contributed by atoms with E-state index in [2.05, 4.69) is 5.32 Å². The Labute approximate surface area is 109 Å². The number of carbonyl (C=O) groups excluding carboxylic acids is 1. The SMILES string of the molecule is Cc1ccc(CNC(=O)N2C[C@H](O)C[C@H]2C(=O)O)o1. The quantitative estimate of drug-likeness (QED) is 0.732. The van der Waals surface area contributed by atoms with Crippen molar-refractivity contribution in [3.05, 3.63) is 23.7 Å². The van der Waals surface area contributed by atoms with Gasteiger partial charge in [0.2, 0.25) is 0 Å². The monoisotopic (exact) mass is 268 g/mol. The van der Waals surface area contributed by atoms with Crippen LogP contribution in [0.5, 0.6) is 0 Å². The number of nitrogens with zero attached hydrogens (tertiary/aromatic N) is 1. The molecule has 1 saturated heterocycles. The van der Waals surface area contributed by atoms with Crippen LogP contribution in [-0.2, 0) is 11.3 Å². The maximum atomic E-state index is 11.9. The number of aryl methyl sites for hydroxylation is 1. The lowest BCUT2D eigenvalue weighted by Gasteiger charge is -2.21. The van der Waals surface area contributed by atoms with Crippen molar-refractivity contribution in [3.8, 4) is 0 Å². The molecule has 0 unspecified atom stereocenters. The molecule has 0 saturated carbocycles. The summed E-state index contributed by atoms with van der Waals surface area (Å²) in [5.74, 6) is 0.224. The van der Waals surface area contributed by atoms with E-state index in [1.807, 2.05) is 0 Å². The van der Waals surface area contributed by atoms with Gasteiger partial charge >= 0.3 is 12.0 Å². The Morgan fingerprint density at radius 1 is 1.53 bits per heavy atom. The van der Waals surface area contributed by atoms with Crippen molar-refractivity contribution in [2.45, 2.75) is 32.0 Å². The number of hydrogen-bond acceptors (Lipinski definition) is 4. The van der Waals surface area contributed by atoms with Crippen LogP contribution in [0, 0.1) is 6.92 Å². The van der Waals surface area contributed by atoms with Crippen molar-refractivity contribution in [3.63, 3.8) is 0 Å². The average Bonchev–Trinajstić information content (AvgIpc) is 2.92. The Hall–Kier alpha value is -2.02. The number of aliphatic hydroxyl groups excluding tert-OH is 1. The van der Waals surface area contributed by atoms with Crippen LogP contribution in [-0.4, -0.2) is 45.8 Å². The first-order valence-corrected chi connectivity index (χ1v) is 5.98. The lowest BCUT2D eigenvalue weighted by atomic mass is 10.2. The minimum absolute atomic E-state index is 0.0278. The highest BCUT2D eigenvalue weighted by atomic mass is 16.4. The number of carboxylic acid groups (broad SMARTS) is 1. The number of rotatable bonds is 3. The number of carbonyl (C=O) groups is 2. The van der Waals surface area contributed by atoms with E-state index in [4.69, 9.17) is 9.52 Å². The van der Waals surface area contributed by atoms with Gasteiger partial charge in [-0.05, 0) is 19.1 Å². The number of carboxylic acids is 1. The number of nitrogens with one attached hydrogen (secondary N) is 1. The lowest BCUT2D eigenvalue weighted by molar-refractivity contribution is -0.141. The second-order valence-corrected chi connectivity index (χ2v) is 4.57. The standard InChI is InChI=1S/C12H16N2O5/c1-7-2-3-9(19-7)5-13-12(18)14-6-8(15)4-10(14)11(16)17/h2-3,8,10,15H,4-6H2,1H3,(H,13,18)(H,16,17)/t8-,10+/m1/s1. The molecule has 7 nitrogen and oxygen atoms in total. The van der Waals surface area contributed by atoms with Gasteiger partial charge in [-0.1, -0.05) is 0 Å². The van der Waals surface area contributed by atoms with E-state index in [1.165, 1.54) is 0 Å². The van der Waals surface area contributed by atoms with E-state index >= 15 is 0 Å². The molecule has 1 fully saturated rings. The predicted octanol–water partition coefficient (Wildman–Crippen LogP) is 0.317. The summed E-state index contributed by atoms with van der Waals surface area (Å²) in [4.78, 5) is 24.0. The number of amides is 2. The van der Waals surface area contributed by atoms with Crippen molar-refractivity contribution in [1.82, 2.24) is 10.2 Å². The molecule has 7 heteroatoms. The van der Waals surface area contributed by atoms with Crippen LogP contribution in [0.2, 0.25) is 0 Å². The third kappa shape index (κ3) is 3.05. The summed E-state index contributed by atoms with van der Waals surface area (Å²) >= 11 is 0. The molecule has 0 radical (unpaired) electrons. The van der Waals surface area contributed by atoms with Gasteiger partial charge in [0, 0.05) is 13.0 Å². The molecule has 19 heavy (non-hydrogen) atoms. The van der Waals surface area contributed by atoms with E-state index in [0.29, 0.717) is 5.76 Å². The van der Waals surface area contributed by atoms with Crippen LogP contribution in [0.25, 0.3) is 0 Å². The number of furan rings is 1. The molecule has 2 amide bonds. The molecule has 2 heterocycles. The Morgan fingerprint density at radius 3 is 2.84 bits per heavy atom. The van der Waals surface area contributed by atoms with Gasteiger partial charge in [-0.25, -0.2) is 9.59 Å². The maximum absolute atomic E-state index is 11.9. The summed E-state index contributed by atoms with van der Waals surface area (Å²) in [6.45, 7) is 2.01. The Kier molecular flexibility index (Phi) is 3.75. The minimum Gasteiger partial charge on any atom is -0.480 e. The Balaban J connectivity index is 1.93. The number of aliphatic hydroxyl groups is 1. The molecule has 0 bridgehead atoms. The van der Waals surface area contributed by atoms with Crippen LogP contribution in [0.3, 0.4) is 0 Å². The summed E-state index contributed by atoms with van der Waals surface area (Å²) in [6, 6.07) is 2.02. The van der Waals surface area contributed by atoms with Crippen molar-refractivity contribution < 1.29 is 24.2 Å². The summed E-state index contributed by atoms with van der Waals surface area (Å²) in [5, 5.41) is 21.0. The fourth-order valence-electron chi connectivity index (χ4n) is 2.12. The van der Waals surface area contributed by atoms with Gasteiger partial charge in [-0.2, -0.15) is 0 Å². The molecule has 0 aliphatic carbocycles. The van der Waals surface area contributed by atoms with Crippen LogP contribution >= 0.6 is 0 Å². The Morgan fingerprint density at radius 2 is 2.26 bits per heavy atom. The second-order valence-electron chi connectivity index (χ2n) is 4.57. The fourth-order valence-corrected chi connectivity index (χ4v) is 2.12. The molecule has 0 spiro atoms. The topological polar surface area (TPSA) is 103 Å². The molecule has 1 aliphatic rings. The second kappa shape index (κ2) is 5.31. The van der Waals surface area contributed by atoms with Gasteiger partial charge in [-0.3, -0.25) is 0 Å². The molecule has 0 aromatic carbocycles. The largest absolute Gasteiger partial charge is 0.480 e. The molecule has 3 N–H and O–H groups in total. The predicted molar refractivity (Wildman–Crippen MR) is 64.4 cm³/mol. The summed E-state index contributed by atoms with van der Waals surface area (Å²) < 4.78 is 5.29. The van der Waals surface area contributed by atoms with E-state index in [1.54, 1.807) is 19.1 Å². The number of hydrogen-bond donors (Lipinski definition) is 3. The normalized spacial score (nSPS) is 22.5. The molecule has 104 valence electrons. The summed E-state index contributed by atoms with van der Waals surface area (Å²) in [5.41, 5.74) is 0. The zero-order valence-electron chi connectivity index (χ0n) is 10.5. The number of likely N-dealkylation sites (tertiary alicyclic amines) is 1. The first-order chi connectivity index (χ1) is 8.97. The first-order valence-electron chi connectivity index (χ1n) is 5.98. The molecule has 2 atom stereocenters. The molecule has 2 rings (SSSR count). The highest BCUT2D eigenvalue weighted by Crippen LogP contribution is 2.18. The van der Waals surface area contributed by atoms with Crippen LogP contribution < -0.4 is 5.32 Å². The third-order valence-corrected chi connectivity index (χ3v) is 3.03. The van der Waals surface area contributed by atoms with E-state index < -0.39 is 24.1 Å². The van der Waals surface area contributed by atoms with Gasteiger partial charge < -0.3 is 24.8 Å². The highest BCUT2D eigenvalue weighted by molar-refractivity contribution is 5.83. The number of aliphatic carboxylic acids is 1. The number of urea groups is 1. The van der Waals surface area contributed by atoms with Gasteiger partial charge in [-0.15, -0.1) is 0 Å². The average molecular weight is 268 g/mol. The molecular formula is C12H16N2O5. The summed E-state index contributed by atoms with van der Waals surface area (Å²) in [7, 11) is 0. The van der Waals surface area contributed by atoms with E-state index in [0.717, 1.165) is 10.7 Å². The van der Waals surface area contributed by atoms with Crippen molar-refractivity contribution in [1.29, 1.82) is 0 Å². The van der Waals surface area contributed by atoms with Crippen molar-refractivity contribution in [2.75, 3.05) is 6.54 Å². The van der Waals surface area contributed by atoms with Gasteiger partial charge in [0.15, 0.2) is 0 Å². The van der Waals surface area contributed by atoms with Gasteiger partial charge in [0.05, 0.1) is 12.6 Å². The van der Waals surface area contributed by atoms with E-state index in [-0.39, 0.29) is 19.5 Å². The molecular weight excluding hydrogens is 252 g/mol. The van der Waals surface area contributed by atoms with Crippen LogP contribution in [0.15, 0.2) is 16.5 Å². The lowest BCUT2D eigenvalue weighted by Crippen LogP contribution is -2.45. The first kappa shape index (κ1) is 13.4. The molecule has 1 aromatic heterocycles. The van der Waals surface area contributed by atoms with Crippen molar-refractivity contribution >= 4 is 12.0 Å². The molecule has 1 aromatic rings. The number of β-amino-alcohol motifs (C(OH)–C–C–N with tert-alkyl or cyclic N) is 1. The van der Waals surface area contributed by atoms with Gasteiger partial charge in [0.25, 0.3) is 0 Å². The fraction of sp³-hybridized carbons (Fsp3) is 0.500. The minimum atomic E-state index is -1.11. The van der Waals surface area contributed by atoms with Gasteiger partial charge in [0.1, 0.15) is 17.6 Å². The zero-order chi connectivity index (χ0) is 14.0. The Bertz CT molecular complexity index is 484. The zero-order valence-corrected chi connectivity index (χ0v) is 10.5. The van der Waals surface area contributed by atoms with Crippen LogP contribution in [0.1, 0.15) is 17.9 Å². The summed E-state index contributed by atoms with van der Waals surface area (Å²) in [6.07, 6.45) is -0.736. The highest BCUT2D eigenvalue weighted by Gasteiger charge is 2.38. The molecule has 1 aliphatic heterocycles. The third-order valence-electron chi connectivity index (χ3n) is 3.03. The smallest absolute Gasteiger partial charge is 0.326 e. The van der Waals surface area contributed by atoms with Crippen LogP contribution in [0.4, 0.5) is 4.79 Å². The van der Waals surface area contributed by atoms with E-state index in [9.17, 15) is 14.7 Å².